The minimum absolute atomic E-state index is 0.210. The first-order valence-corrected chi connectivity index (χ1v) is 9.30. The van der Waals surface area contributed by atoms with Crippen molar-refractivity contribution in [3.63, 3.8) is 0 Å². The van der Waals surface area contributed by atoms with Gasteiger partial charge in [-0.05, 0) is 38.3 Å². The fourth-order valence-corrected chi connectivity index (χ4v) is 3.73. The molecule has 5 nitrogen and oxygen atoms in total. The van der Waals surface area contributed by atoms with E-state index in [1.807, 2.05) is 26.8 Å². The van der Waals surface area contributed by atoms with E-state index in [4.69, 9.17) is 13.8 Å². The van der Waals surface area contributed by atoms with Gasteiger partial charge in [0.2, 0.25) is 6.79 Å². The molecule has 0 amide bonds. The van der Waals surface area contributed by atoms with Gasteiger partial charge in [-0.3, -0.25) is 9.32 Å². The zero-order valence-electron chi connectivity index (χ0n) is 14.8. The van der Waals surface area contributed by atoms with Gasteiger partial charge >= 0.3 is 13.6 Å². The second-order valence-electron chi connectivity index (χ2n) is 7.66. The number of benzene rings is 1. The van der Waals surface area contributed by atoms with Crippen molar-refractivity contribution < 1.29 is 23.1 Å². The zero-order valence-corrected chi connectivity index (χ0v) is 15.7. The van der Waals surface area contributed by atoms with Crippen LogP contribution in [0.5, 0.6) is 5.75 Å². The number of carbonyl (C=O) groups is 1. The topological polar surface area (TPSA) is 61.8 Å². The van der Waals surface area contributed by atoms with Crippen molar-refractivity contribution in [2.45, 2.75) is 41.5 Å². The predicted octanol–water partition coefficient (Wildman–Crippen LogP) is 4.87. The molecule has 1 rings (SSSR count). The Hall–Kier alpha value is -1.32. The highest BCUT2D eigenvalue weighted by atomic mass is 31.2. The van der Waals surface area contributed by atoms with Gasteiger partial charge in [-0.25, -0.2) is 4.57 Å². The lowest BCUT2D eigenvalue weighted by molar-refractivity contribution is -0.159. The van der Waals surface area contributed by atoms with Gasteiger partial charge in [-0.2, -0.15) is 0 Å². The highest BCUT2D eigenvalue weighted by Gasteiger charge is 2.34. The summed E-state index contributed by atoms with van der Waals surface area (Å²) < 4.78 is 29.0. The third kappa shape index (κ3) is 7.67. The minimum Gasteiger partial charge on any atom is -0.438 e. The molecule has 130 valence electrons. The lowest BCUT2D eigenvalue weighted by Gasteiger charge is -2.26. The summed E-state index contributed by atoms with van der Waals surface area (Å²) >= 11 is 0. The number of carbonyl (C=O) groups excluding carboxylic acids is 1. The van der Waals surface area contributed by atoms with Crippen molar-refractivity contribution in [2.24, 2.45) is 10.8 Å². The third-order valence-corrected chi connectivity index (χ3v) is 5.03. The molecular formula is C17H27O5P. The number of hydrogen-bond acceptors (Lipinski definition) is 5. The van der Waals surface area contributed by atoms with Crippen LogP contribution in [0.1, 0.15) is 41.5 Å². The monoisotopic (exact) mass is 342 g/mol. The minimum atomic E-state index is -3.45. The van der Waals surface area contributed by atoms with E-state index in [9.17, 15) is 9.36 Å². The maximum absolute atomic E-state index is 13.0. The summed E-state index contributed by atoms with van der Waals surface area (Å²) in [5.74, 6) is 0.0433. The van der Waals surface area contributed by atoms with Gasteiger partial charge in [0, 0.05) is 0 Å². The van der Waals surface area contributed by atoms with Gasteiger partial charge in [-0.1, -0.05) is 39.0 Å². The van der Waals surface area contributed by atoms with Crippen LogP contribution in [0.25, 0.3) is 0 Å². The molecule has 0 bridgehead atoms. The molecule has 0 aliphatic heterocycles. The first-order valence-electron chi connectivity index (χ1n) is 7.57. The average molecular weight is 342 g/mol. The number of esters is 1. The van der Waals surface area contributed by atoms with Crippen molar-refractivity contribution in [3.05, 3.63) is 30.3 Å². The van der Waals surface area contributed by atoms with E-state index in [1.54, 1.807) is 45.0 Å². The van der Waals surface area contributed by atoms with Gasteiger partial charge in [0.25, 0.3) is 0 Å². The molecule has 0 spiro atoms. The molecule has 0 radical (unpaired) electrons. The average Bonchev–Trinajstić information content (AvgIpc) is 2.36. The standard InChI is InChI=1S/C17H27O5P/c1-16(2,3)12-23(19,22-14-10-8-7-9-11-14)21-13-20-15(18)17(4,5)6/h7-11H,12-13H2,1-6H3. The highest BCUT2D eigenvalue weighted by molar-refractivity contribution is 7.54. The summed E-state index contributed by atoms with van der Waals surface area (Å²) in [6.45, 7) is 10.7. The second-order valence-corrected chi connectivity index (χ2v) is 9.64. The Morgan fingerprint density at radius 1 is 1.04 bits per heavy atom. The van der Waals surface area contributed by atoms with Crippen LogP contribution in [0.15, 0.2) is 30.3 Å². The molecule has 1 aromatic carbocycles. The largest absolute Gasteiger partial charge is 0.438 e. The molecular weight excluding hydrogens is 315 g/mol. The molecule has 0 fully saturated rings. The van der Waals surface area contributed by atoms with Crippen LogP contribution in [0.2, 0.25) is 0 Å². The Balaban J connectivity index is 2.76. The van der Waals surface area contributed by atoms with E-state index in [-0.39, 0.29) is 11.6 Å². The SMILES string of the molecule is CC(C)(C)CP(=O)(OCOC(=O)C(C)(C)C)Oc1ccccc1. The van der Waals surface area contributed by atoms with Crippen LogP contribution in [0, 0.1) is 10.8 Å². The van der Waals surface area contributed by atoms with E-state index in [0.29, 0.717) is 5.75 Å². The molecule has 1 atom stereocenters. The lowest BCUT2D eigenvalue weighted by Crippen LogP contribution is -2.24. The zero-order chi connectivity index (χ0) is 17.7. The van der Waals surface area contributed by atoms with Crippen molar-refractivity contribution >= 4 is 13.6 Å². The van der Waals surface area contributed by atoms with Crippen LogP contribution in [-0.2, 0) is 18.6 Å². The summed E-state index contributed by atoms with van der Waals surface area (Å²) in [6, 6.07) is 8.83. The van der Waals surface area contributed by atoms with Gasteiger partial charge in [0.15, 0.2) is 0 Å². The summed E-state index contributed by atoms with van der Waals surface area (Å²) in [5, 5.41) is 0. The van der Waals surface area contributed by atoms with E-state index in [0.717, 1.165) is 0 Å². The molecule has 0 saturated heterocycles. The molecule has 1 unspecified atom stereocenters. The van der Waals surface area contributed by atoms with E-state index in [2.05, 4.69) is 0 Å². The van der Waals surface area contributed by atoms with Crippen LogP contribution in [-0.4, -0.2) is 18.9 Å². The fraction of sp³-hybridized carbons (Fsp3) is 0.588. The summed E-state index contributed by atoms with van der Waals surface area (Å²) in [4.78, 5) is 11.8. The molecule has 0 aromatic heterocycles. The van der Waals surface area contributed by atoms with Gasteiger partial charge in [0.05, 0.1) is 11.6 Å². The maximum Gasteiger partial charge on any atom is 0.382 e. The smallest absolute Gasteiger partial charge is 0.382 e. The fourth-order valence-electron chi connectivity index (χ4n) is 1.70. The molecule has 0 N–H and O–H groups in total. The third-order valence-electron chi connectivity index (χ3n) is 2.71. The molecule has 6 heteroatoms. The Labute approximate surface area is 138 Å². The second kappa shape index (κ2) is 7.50. The van der Waals surface area contributed by atoms with Crippen LogP contribution < -0.4 is 4.52 Å². The predicted molar refractivity (Wildman–Crippen MR) is 90.5 cm³/mol. The van der Waals surface area contributed by atoms with Crippen LogP contribution >= 0.6 is 7.60 Å². The van der Waals surface area contributed by atoms with Gasteiger partial charge in [0.1, 0.15) is 5.75 Å². The molecule has 0 aliphatic carbocycles. The molecule has 0 saturated carbocycles. The Morgan fingerprint density at radius 2 is 1.61 bits per heavy atom. The van der Waals surface area contributed by atoms with E-state index in [1.165, 1.54) is 0 Å². The van der Waals surface area contributed by atoms with Crippen LogP contribution in [0.3, 0.4) is 0 Å². The van der Waals surface area contributed by atoms with Crippen molar-refractivity contribution in [1.82, 2.24) is 0 Å². The number of hydrogen-bond donors (Lipinski definition) is 0. The van der Waals surface area contributed by atoms with E-state index < -0.39 is 25.8 Å². The van der Waals surface area contributed by atoms with Crippen LogP contribution in [0.4, 0.5) is 0 Å². The lowest BCUT2D eigenvalue weighted by atomic mass is 9.98. The molecule has 0 aliphatic rings. The Kier molecular flexibility index (Phi) is 6.43. The van der Waals surface area contributed by atoms with Crippen molar-refractivity contribution in [1.29, 1.82) is 0 Å². The maximum atomic E-state index is 13.0. The molecule has 23 heavy (non-hydrogen) atoms. The summed E-state index contributed by atoms with van der Waals surface area (Å²) in [5.41, 5.74) is -0.907. The van der Waals surface area contributed by atoms with Crippen molar-refractivity contribution in [3.8, 4) is 5.75 Å². The first-order chi connectivity index (χ1) is 10.4. The Bertz CT molecular complexity index is 555. The quantitative estimate of drug-likeness (QED) is 0.419. The molecule has 1 aromatic rings. The number of para-hydroxylation sites is 1. The van der Waals surface area contributed by atoms with E-state index >= 15 is 0 Å². The van der Waals surface area contributed by atoms with Gasteiger partial charge < -0.3 is 9.26 Å². The number of rotatable bonds is 6. The summed E-state index contributed by atoms with van der Waals surface area (Å²) in [7, 11) is -3.45. The highest BCUT2D eigenvalue weighted by Crippen LogP contribution is 2.52. The Morgan fingerprint density at radius 3 is 2.09 bits per heavy atom. The number of ether oxygens (including phenoxy) is 1. The normalized spacial score (nSPS) is 14.9. The van der Waals surface area contributed by atoms with Crippen molar-refractivity contribution in [2.75, 3.05) is 13.0 Å². The van der Waals surface area contributed by atoms with Gasteiger partial charge in [-0.15, -0.1) is 0 Å². The summed E-state index contributed by atoms with van der Waals surface area (Å²) in [6.07, 6.45) is 0.210. The molecule has 0 heterocycles. The first kappa shape index (κ1) is 19.7.